The summed E-state index contributed by atoms with van der Waals surface area (Å²) >= 11 is 0. The monoisotopic (exact) mass is 304 g/mol. The Kier molecular flexibility index (Phi) is 4.34. The van der Waals surface area contributed by atoms with Crippen molar-refractivity contribution < 1.29 is 9.53 Å². The lowest BCUT2D eigenvalue weighted by molar-refractivity contribution is -0.111. The molecule has 23 heavy (non-hydrogen) atoms. The molecule has 2 aromatic carbocycles. The molecule has 0 saturated heterocycles. The summed E-state index contributed by atoms with van der Waals surface area (Å²) in [5, 5.41) is 3.73. The van der Waals surface area contributed by atoms with Gasteiger partial charge in [0.25, 0.3) is 0 Å². The number of rotatable bonds is 4. The lowest BCUT2D eigenvalue weighted by atomic mass is 10.1. The molecular formula is C19H16N2O2. The Morgan fingerprint density at radius 1 is 1.13 bits per heavy atom. The van der Waals surface area contributed by atoms with Crippen molar-refractivity contribution in [2.45, 2.75) is 0 Å². The predicted octanol–water partition coefficient (Wildman–Crippen LogP) is 3.90. The molecule has 0 aliphatic rings. The zero-order valence-electron chi connectivity index (χ0n) is 12.7. The maximum absolute atomic E-state index is 12.1. The summed E-state index contributed by atoms with van der Waals surface area (Å²) in [5.41, 5.74) is 2.48. The van der Waals surface area contributed by atoms with E-state index in [2.05, 4.69) is 10.3 Å². The van der Waals surface area contributed by atoms with E-state index in [1.165, 1.54) is 6.08 Å². The first-order chi connectivity index (χ1) is 11.3. The predicted molar refractivity (Wildman–Crippen MR) is 92.4 cm³/mol. The van der Waals surface area contributed by atoms with Crippen molar-refractivity contribution >= 4 is 28.6 Å². The van der Waals surface area contributed by atoms with E-state index in [9.17, 15) is 4.79 Å². The van der Waals surface area contributed by atoms with Gasteiger partial charge in [0.1, 0.15) is 5.75 Å². The number of nitrogens with one attached hydrogen (secondary N) is 1. The maximum atomic E-state index is 12.1. The van der Waals surface area contributed by atoms with Gasteiger partial charge in [-0.05, 0) is 35.9 Å². The van der Waals surface area contributed by atoms with Crippen LogP contribution in [0.1, 0.15) is 5.56 Å². The molecule has 114 valence electrons. The molecule has 0 saturated carbocycles. The molecule has 1 amide bonds. The number of carbonyl (C=O) groups excluding carboxylic acids is 1. The first kappa shape index (κ1) is 14.8. The van der Waals surface area contributed by atoms with Crippen LogP contribution in [0, 0.1) is 0 Å². The lowest BCUT2D eigenvalue weighted by Crippen LogP contribution is -2.08. The van der Waals surface area contributed by atoms with E-state index in [4.69, 9.17) is 4.74 Å². The lowest BCUT2D eigenvalue weighted by Gasteiger charge is -2.08. The Morgan fingerprint density at radius 2 is 1.96 bits per heavy atom. The standard InChI is InChI=1S/C19H16N2O2/c1-23-15-8-9-17-16(13-15)18(11-12-20-17)21-19(22)10-7-14-5-3-2-4-6-14/h2-13H,1H3,(H,20,21,22)/b10-7+. The van der Waals surface area contributed by atoms with Crippen molar-refractivity contribution in [3.8, 4) is 5.75 Å². The molecule has 4 nitrogen and oxygen atoms in total. The first-order valence-electron chi connectivity index (χ1n) is 7.23. The second kappa shape index (κ2) is 6.75. The number of hydrogen-bond donors (Lipinski definition) is 1. The van der Waals surface area contributed by atoms with E-state index in [-0.39, 0.29) is 5.91 Å². The molecule has 0 aliphatic carbocycles. The molecule has 0 aliphatic heterocycles. The number of amides is 1. The molecule has 4 heteroatoms. The Labute approximate surface area is 134 Å². The minimum absolute atomic E-state index is 0.191. The van der Waals surface area contributed by atoms with Gasteiger partial charge in [-0.2, -0.15) is 0 Å². The number of carbonyl (C=O) groups is 1. The zero-order valence-corrected chi connectivity index (χ0v) is 12.7. The highest BCUT2D eigenvalue weighted by molar-refractivity contribution is 6.07. The quantitative estimate of drug-likeness (QED) is 0.744. The average Bonchev–Trinajstić information content (AvgIpc) is 2.61. The van der Waals surface area contributed by atoms with Gasteiger partial charge in [0.05, 0.1) is 18.3 Å². The molecule has 1 N–H and O–H groups in total. The van der Waals surface area contributed by atoms with Gasteiger partial charge in [0.2, 0.25) is 5.91 Å². The van der Waals surface area contributed by atoms with E-state index >= 15 is 0 Å². The van der Waals surface area contributed by atoms with Crippen LogP contribution < -0.4 is 10.1 Å². The van der Waals surface area contributed by atoms with Crippen molar-refractivity contribution in [3.05, 3.63) is 72.4 Å². The molecule has 3 aromatic rings. The molecule has 0 bridgehead atoms. The van der Waals surface area contributed by atoms with Crippen molar-refractivity contribution in [3.63, 3.8) is 0 Å². The Hall–Kier alpha value is -3.14. The highest BCUT2D eigenvalue weighted by atomic mass is 16.5. The smallest absolute Gasteiger partial charge is 0.248 e. The first-order valence-corrected chi connectivity index (χ1v) is 7.23. The molecule has 3 rings (SSSR count). The third-order valence-electron chi connectivity index (χ3n) is 3.43. The van der Waals surface area contributed by atoms with Crippen molar-refractivity contribution in [2.24, 2.45) is 0 Å². The van der Waals surface area contributed by atoms with Crippen LogP contribution >= 0.6 is 0 Å². The number of hydrogen-bond acceptors (Lipinski definition) is 3. The fourth-order valence-electron chi connectivity index (χ4n) is 2.27. The molecule has 0 atom stereocenters. The molecule has 0 spiro atoms. The van der Waals surface area contributed by atoms with Crippen LogP contribution in [0.4, 0.5) is 5.69 Å². The van der Waals surface area contributed by atoms with Gasteiger partial charge in [-0.25, -0.2) is 0 Å². The van der Waals surface area contributed by atoms with Gasteiger partial charge in [0.15, 0.2) is 0 Å². The number of aromatic nitrogens is 1. The normalized spacial score (nSPS) is 10.8. The van der Waals surface area contributed by atoms with E-state index in [0.29, 0.717) is 5.69 Å². The van der Waals surface area contributed by atoms with Crippen LogP contribution in [0.15, 0.2) is 66.9 Å². The van der Waals surface area contributed by atoms with Crippen LogP contribution in [0.25, 0.3) is 17.0 Å². The fourth-order valence-corrected chi connectivity index (χ4v) is 2.27. The van der Waals surface area contributed by atoms with Crippen LogP contribution in [-0.2, 0) is 4.79 Å². The summed E-state index contributed by atoms with van der Waals surface area (Å²) in [6, 6.07) is 17.0. The number of fused-ring (bicyclic) bond motifs is 1. The van der Waals surface area contributed by atoms with Gasteiger partial charge in [0, 0.05) is 17.7 Å². The third kappa shape index (κ3) is 3.55. The summed E-state index contributed by atoms with van der Waals surface area (Å²) < 4.78 is 5.23. The Balaban J connectivity index is 1.83. The minimum atomic E-state index is -0.191. The number of anilines is 1. The van der Waals surface area contributed by atoms with Crippen molar-refractivity contribution in [1.82, 2.24) is 4.98 Å². The van der Waals surface area contributed by atoms with Gasteiger partial charge in [-0.1, -0.05) is 30.3 Å². The summed E-state index contributed by atoms with van der Waals surface area (Å²) in [5.74, 6) is 0.532. The van der Waals surface area contributed by atoms with Gasteiger partial charge < -0.3 is 10.1 Å². The van der Waals surface area contributed by atoms with E-state index in [1.54, 1.807) is 25.4 Å². The average molecular weight is 304 g/mol. The number of methoxy groups -OCH3 is 1. The summed E-state index contributed by atoms with van der Waals surface area (Å²) in [6.45, 7) is 0. The molecule has 0 fully saturated rings. The molecule has 0 unspecified atom stereocenters. The number of benzene rings is 2. The van der Waals surface area contributed by atoms with Crippen molar-refractivity contribution in [1.29, 1.82) is 0 Å². The SMILES string of the molecule is COc1ccc2nccc(NC(=O)/C=C/c3ccccc3)c2c1. The van der Waals surface area contributed by atoms with E-state index < -0.39 is 0 Å². The molecular weight excluding hydrogens is 288 g/mol. The second-order valence-electron chi connectivity index (χ2n) is 4.97. The topological polar surface area (TPSA) is 51.2 Å². The van der Waals surface area contributed by atoms with Gasteiger partial charge in [-0.15, -0.1) is 0 Å². The number of pyridine rings is 1. The summed E-state index contributed by atoms with van der Waals surface area (Å²) in [7, 11) is 1.61. The summed E-state index contributed by atoms with van der Waals surface area (Å²) in [6.07, 6.45) is 4.96. The van der Waals surface area contributed by atoms with Crippen LogP contribution in [0.3, 0.4) is 0 Å². The highest BCUT2D eigenvalue weighted by Gasteiger charge is 2.05. The fraction of sp³-hybridized carbons (Fsp3) is 0.0526. The minimum Gasteiger partial charge on any atom is -0.497 e. The molecule has 0 radical (unpaired) electrons. The van der Waals surface area contributed by atoms with Crippen LogP contribution in [0.2, 0.25) is 0 Å². The maximum Gasteiger partial charge on any atom is 0.248 e. The van der Waals surface area contributed by atoms with Gasteiger partial charge in [-0.3, -0.25) is 9.78 Å². The molecule has 1 heterocycles. The van der Waals surface area contributed by atoms with Crippen LogP contribution in [-0.4, -0.2) is 18.0 Å². The Bertz CT molecular complexity index is 858. The van der Waals surface area contributed by atoms with Crippen LogP contribution in [0.5, 0.6) is 5.75 Å². The second-order valence-corrected chi connectivity index (χ2v) is 4.97. The largest absolute Gasteiger partial charge is 0.497 e. The summed E-state index contributed by atoms with van der Waals surface area (Å²) in [4.78, 5) is 16.4. The Morgan fingerprint density at radius 3 is 2.74 bits per heavy atom. The zero-order chi connectivity index (χ0) is 16.1. The third-order valence-corrected chi connectivity index (χ3v) is 3.43. The van der Waals surface area contributed by atoms with Crippen molar-refractivity contribution in [2.75, 3.05) is 12.4 Å². The number of nitrogens with zero attached hydrogens (tertiary/aromatic N) is 1. The van der Waals surface area contributed by atoms with Gasteiger partial charge >= 0.3 is 0 Å². The van der Waals surface area contributed by atoms with E-state index in [1.807, 2.05) is 48.5 Å². The number of ether oxygens (including phenoxy) is 1. The molecule has 1 aromatic heterocycles. The highest BCUT2D eigenvalue weighted by Crippen LogP contribution is 2.25. The van der Waals surface area contributed by atoms with E-state index in [0.717, 1.165) is 22.2 Å².